The first kappa shape index (κ1) is 14.1. The van der Waals surface area contributed by atoms with Crippen LogP contribution in [0.15, 0.2) is 47.2 Å². The number of aromatic nitrogens is 4. The summed E-state index contributed by atoms with van der Waals surface area (Å²) in [5.74, 6) is 1.58. The number of benzene rings is 1. The van der Waals surface area contributed by atoms with Gasteiger partial charge in [0.1, 0.15) is 23.6 Å². The number of hydrogen-bond acceptors (Lipinski definition) is 4. The Morgan fingerprint density at radius 1 is 1.26 bits per heavy atom. The van der Waals surface area contributed by atoms with Crippen LogP contribution >= 0.6 is 15.9 Å². The number of H-pyrrole nitrogens is 1. The fourth-order valence-electron chi connectivity index (χ4n) is 2.49. The molecule has 1 aromatic carbocycles. The van der Waals surface area contributed by atoms with Gasteiger partial charge in [-0.1, -0.05) is 12.1 Å². The highest BCUT2D eigenvalue weighted by Crippen LogP contribution is 2.30. The van der Waals surface area contributed by atoms with Gasteiger partial charge in [0.2, 0.25) is 0 Å². The minimum atomic E-state index is 0.459. The number of hydrogen-bond donors (Lipinski definition) is 1. The lowest BCUT2D eigenvalue weighted by Gasteiger charge is -2.09. The molecule has 0 radical (unpaired) electrons. The maximum Gasteiger partial charge on any atom is 0.178 e. The average Bonchev–Trinajstić information content (AvgIpc) is 3.13. The first-order valence-corrected chi connectivity index (χ1v) is 7.80. The molecule has 23 heavy (non-hydrogen) atoms. The normalized spacial score (nSPS) is 11.2. The van der Waals surface area contributed by atoms with Crippen molar-refractivity contribution in [3.63, 3.8) is 0 Å². The molecule has 0 bridgehead atoms. The van der Waals surface area contributed by atoms with Crippen LogP contribution in [-0.2, 0) is 6.61 Å². The van der Waals surface area contributed by atoms with Crippen LogP contribution in [0, 0.1) is 0 Å². The summed E-state index contributed by atoms with van der Waals surface area (Å²) in [4.78, 5) is 0. The Balaban J connectivity index is 1.69. The van der Waals surface area contributed by atoms with Crippen LogP contribution in [0.3, 0.4) is 0 Å². The highest BCUT2D eigenvalue weighted by molar-refractivity contribution is 9.10. The second-order valence-corrected chi connectivity index (χ2v) is 6.00. The molecule has 7 heteroatoms. The van der Waals surface area contributed by atoms with Crippen LogP contribution in [0.4, 0.5) is 0 Å². The number of aromatic amines is 1. The van der Waals surface area contributed by atoms with Crippen LogP contribution in [0.5, 0.6) is 11.5 Å². The van der Waals surface area contributed by atoms with Gasteiger partial charge in [0, 0.05) is 10.7 Å². The van der Waals surface area contributed by atoms with Crippen molar-refractivity contribution < 1.29 is 9.47 Å². The van der Waals surface area contributed by atoms with Crippen molar-refractivity contribution in [2.24, 2.45) is 0 Å². The molecule has 0 aliphatic carbocycles. The Morgan fingerprint density at radius 3 is 2.87 bits per heavy atom. The molecule has 4 aromatic rings. The van der Waals surface area contributed by atoms with Gasteiger partial charge in [-0.25, -0.2) is 4.52 Å². The summed E-state index contributed by atoms with van der Waals surface area (Å²) in [6.45, 7) is 0.459. The molecule has 1 N–H and O–H groups in total. The Morgan fingerprint density at radius 2 is 2.09 bits per heavy atom. The molecule has 3 aromatic heterocycles. The standard InChI is InChI=1S/C16H13BrN4O2/c1-22-12-4-2-10(3-5-12)9-23-14-6-11(17)8-21-15(14)13-7-18-19-16(13)20-21/h2-8H,9H2,1H3,(H,19,20). The monoisotopic (exact) mass is 372 g/mol. The molecule has 4 rings (SSSR count). The smallest absolute Gasteiger partial charge is 0.178 e. The van der Waals surface area contributed by atoms with Gasteiger partial charge < -0.3 is 9.47 Å². The molecule has 6 nitrogen and oxygen atoms in total. The lowest BCUT2D eigenvalue weighted by Crippen LogP contribution is -1.98. The largest absolute Gasteiger partial charge is 0.497 e. The summed E-state index contributed by atoms with van der Waals surface area (Å²) in [5.41, 5.74) is 2.69. The molecule has 0 unspecified atom stereocenters. The minimum Gasteiger partial charge on any atom is -0.497 e. The van der Waals surface area contributed by atoms with Crippen LogP contribution in [0.25, 0.3) is 16.6 Å². The van der Waals surface area contributed by atoms with E-state index in [2.05, 4.69) is 31.2 Å². The SMILES string of the molecule is COc1ccc(COc2cc(Br)cn3nc4[nH]ncc4c23)cc1. The van der Waals surface area contributed by atoms with Gasteiger partial charge >= 0.3 is 0 Å². The third kappa shape index (κ3) is 2.53. The van der Waals surface area contributed by atoms with Crippen molar-refractivity contribution in [1.29, 1.82) is 0 Å². The molecule has 3 heterocycles. The van der Waals surface area contributed by atoms with E-state index in [1.54, 1.807) is 17.8 Å². The van der Waals surface area contributed by atoms with Crippen molar-refractivity contribution in [2.45, 2.75) is 6.61 Å². The van der Waals surface area contributed by atoms with Gasteiger partial charge in [0.25, 0.3) is 0 Å². The van der Waals surface area contributed by atoms with E-state index in [0.29, 0.717) is 6.61 Å². The quantitative estimate of drug-likeness (QED) is 0.594. The van der Waals surface area contributed by atoms with E-state index in [1.165, 1.54) is 0 Å². The van der Waals surface area contributed by atoms with Gasteiger partial charge in [-0.3, -0.25) is 5.10 Å². The maximum atomic E-state index is 6.02. The lowest BCUT2D eigenvalue weighted by atomic mass is 10.2. The van der Waals surface area contributed by atoms with Gasteiger partial charge in [-0.15, -0.1) is 5.10 Å². The van der Waals surface area contributed by atoms with Crippen molar-refractivity contribution in [3.05, 3.63) is 52.8 Å². The molecule has 0 aliphatic rings. The Labute approximate surface area is 140 Å². The van der Waals surface area contributed by atoms with Crippen molar-refractivity contribution in [3.8, 4) is 11.5 Å². The lowest BCUT2D eigenvalue weighted by molar-refractivity contribution is 0.308. The molecule has 0 atom stereocenters. The number of rotatable bonds is 4. The fourth-order valence-corrected chi connectivity index (χ4v) is 2.89. The van der Waals surface area contributed by atoms with Gasteiger partial charge in [-0.05, 0) is 39.7 Å². The topological polar surface area (TPSA) is 64.4 Å². The zero-order valence-electron chi connectivity index (χ0n) is 12.3. The van der Waals surface area contributed by atoms with Crippen molar-refractivity contribution in [2.75, 3.05) is 7.11 Å². The third-order valence-corrected chi connectivity index (χ3v) is 4.05. The highest BCUT2D eigenvalue weighted by Gasteiger charge is 2.13. The molecule has 0 spiro atoms. The van der Waals surface area contributed by atoms with E-state index in [4.69, 9.17) is 9.47 Å². The Kier molecular flexibility index (Phi) is 3.42. The van der Waals surface area contributed by atoms with Crippen LogP contribution < -0.4 is 9.47 Å². The average molecular weight is 373 g/mol. The number of pyridine rings is 1. The zero-order chi connectivity index (χ0) is 15.8. The van der Waals surface area contributed by atoms with E-state index in [9.17, 15) is 0 Å². The third-order valence-electron chi connectivity index (χ3n) is 3.61. The highest BCUT2D eigenvalue weighted by atomic mass is 79.9. The predicted molar refractivity (Wildman–Crippen MR) is 89.9 cm³/mol. The molecule has 0 fully saturated rings. The second kappa shape index (κ2) is 5.58. The van der Waals surface area contributed by atoms with E-state index < -0.39 is 0 Å². The van der Waals surface area contributed by atoms with Gasteiger partial charge in [0.15, 0.2) is 5.65 Å². The summed E-state index contributed by atoms with van der Waals surface area (Å²) in [6, 6.07) is 9.74. The summed E-state index contributed by atoms with van der Waals surface area (Å²) < 4.78 is 13.9. The number of ether oxygens (including phenoxy) is 2. The van der Waals surface area contributed by atoms with Crippen molar-refractivity contribution in [1.82, 2.24) is 19.8 Å². The first-order chi connectivity index (χ1) is 11.2. The zero-order valence-corrected chi connectivity index (χ0v) is 13.9. The molecular weight excluding hydrogens is 360 g/mol. The van der Waals surface area contributed by atoms with Gasteiger partial charge in [-0.2, -0.15) is 5.10 Å². The number of fused-ring (bicyclic) bond motifs is 3. The molecule has 0 aliphatic heterocycles. The summed E-state index contributed by atoms with van der Waals surface area (Å²) in [6.07, 6.45) is 3.65. The molecular formula is C16H13BrN4O2. The summed E-state index contributed by atoms with van der Waals surface area (Å²) >= 11 is 3.49. The summed E-state index contributed by atoms with van der Waals surface area (Å²) in [7, 11) is 1.65. The maximum absolute atomic E-state index is 6.02. The molecule has 116 valence electrons. The number of nitrogens with one attached hydrogen (secondary N) is 1. The van der Waals surface area contributed by atoms with Crippen molar-refractivity contribution >= 4 is 32.5 Å². The fraction of sp³-hybridized carbons (Fsp3) is 0.125. The molecule has 0 saturated carbocycles. The predicted octanol–water partition coefficient (Wildman–Crippen LogP) is 3.56. The van der Waals surface area contributed by atoms with Crippen LogP contribution in [-0.4, -0.2) is 26.9 Å². The van der Waals surface area contributed by atoms with E-state index in [0.717, 1.165) is 38.1 Å². The van der Waals surface area contributed by atoms with E-state index >= 15 is 0 Å². The molecule has 0 amide bonds. The Bertz CT molecular complexity index is 975. The second-order valence-electron chi connectivity index (χ2n) is 5.08. The van der Waals surface area contributed by atoms with E-state index in [-0.39, 0.29) is 0 Å². The first-order valence-electron chi connectivity index (χ1n) is 7.01. The Hall–Kier alpha value is -2.54. The minimum absolute atomic E-state index is 0.459. The summed E-state index contributed by atoms with van der Waals surface area (Å²) in [5, 5.41) is 12.3. The van der Waals surface area contributed by atoms with E-state index in [1.807, 2.05) is 36.5 Å². The van der Waals surface area contributed by atoms with Crippen LogP contribution in [0.1, 0.15) is 5.56 Å². The number of nitrogens with zero attached hydrogens (tertiary/aromatic N) is 3. The number of methoxy groups -OCH3 is 1. The molecule has 0 saturated heterocycles. The van der Waals surface area contributed by atoms with Crippen LogP contribution in [0.2, 0.25) is 0 Å². The number of halogens is 1. The van der Waals surface area contributed by atoms with Gasteiger partial charge in [0.05, 0.1) is 18.7 Å².